The van der Waals surface area contributed by atoms with Crippen LogP contribution < -0.4 is 5.32 Å². The summed E-state index contributed by atoms with van der Waals surface area (Å²) in [5.74, 6) is 0.654. The molecular formula is C10H18N2OS. The number of methoxy groups -OCH3 is 1. The average Bonchev–Trinajstić information content (AvgIpc) is 2.59. The van der Waals surface area contributed by atoms with E-state index in [2.05, 4.69) is 29.5 Å². The topological polar surface area (TPSA) is 34.1 Å². The van der Waals surface area contributed by atoms with Gasteiger partial charge in [0.15, 0.2) is 5.13 Å². The minimum absolute atomic E-state index is 0.654. The van der Waals surface area contributed by atoms with Crippen LogP contribution in [0.15, 0.2) is 5.38 Å². The molecule has 0 aliphatic rings. The lowest BCUT2D eigenvalue weighted by atomic mass is 10.2. The van der Waals surface area contributed by atoms with Crippen LogP contribution in [0.1, 0.15) is 19.5 Å². The zero-order valence-corrected chi connectivity index (χ0v) is 9.86. The van der Waals surface area contributed by atoms with Crippen LogP contribution >= 0.6 is 11.3 Å². The van der Waals surface area contributed by atoms with Crippen LogP contribution in [0, 0.1) is 5.92 Å². The molecular weight excluding hydrogens is 196 g/mol. The monoisotopic (exact) mass is 214 g/mol. The van der Waals surface area contributed by atoms with E-state index >= 15 is 0 Å². The Morgan fingerprint density at radius 1 is 1.57 bits per heavy atom. The van der Waals surface area contributed by atoms with E-state index < -0.39 is 0 Å². The van der Waals surface area contributed by atoms with Gasteiger partial charge in [0, 0.05) is 25.5 Å². The fraction of sp³-hybridized carbons (Fsp3) is 0.700. The summed E-state index contributed by atoms with van der Waals surface area (Å²) in [7, 11) is 1.71. The number of hydrogen-bond donors (Lipinski definition) is 1. The highest BCUT2D eigenvalue weighted by Crippen LogP contribution is 2.15. The van der Waals surface area contributed by atoms with E-state index in [-0.39, 0.29) is 0 Å². The van der Waals surface area contributed by atoms with Crippen molar-refractivity contribution >= 4 is 16.5 Å². The van der Waals surface area contributed by atoms with E-state index in [9.17, 15) is 0 Å². The summed E-state index contributed by atoms with van der Waals surface area (Å²) in [5.41, 5.74) is 1.11. The molecule has 0 atom stereocenters. The molecule has 0 saturated carbocycles. The highest BCUT2D eigenvalue weighted by Gasteiger charge is 2.01. The maximum absolute atomic E-state index is 5.00. The molecule has 1 heterocycles. The van der Waals surface area contributed by atoms with E-state index in [1.165, 1.54) is 0 Å². The van der Waals surface area contributed by atoms with Gasteiger partial charge in [-0.2, -0.15) is 0 Å². The van der Waals surface area contributed by atoms with Crippen molar-refractivity contribution in [3.63, 3.8) is 0 Å². The molecule has 4 heteroatoms. The molecule has 1 N–H and O–H groups in total. The van der Waals surface area contributed by atoms with Gasteiger partial charge in [-0.1, -0.05) is 13.8 Å². The summed E-state index contributed by atoms with van der Waals surface area (Å²) in [6.45, 7) is 6.10. The Bertz CT molecular complexity index is 260. The Morgan fingerprint density at radius 3 is 3.00 bits per heavy atom. The summed E-state index contributed by atoms with van der Waals surface area (Å²) in [6.07, 6.45) is 0.899. The van der Waals surface area contributed by atoms with E-state index in [1.807, 2.05) is 0 Å². The van der Waals surface area contributed by atoms with Crippen LogP contribution in [0.3, 0.4) is 0 Å². The number of thiazole rings is 1. The van der Waals surface area contributed by atoms with Gasteiger partial charge >= 0.3 is 0 Å². The molecule has 3 nitrogen and oxygen atoms in total. The van der Waals surface area contributed by atoms with Crippen molar-refractivity contribution in [2.75, 3.05) is 25.6 Å². The fourth-order valence-electron chi connectivity index (χ4n) is 1.00. The van der Waals surface area contributed by atoms with Crippen molar-refractivity contribution in [2.24, 2.45) is 5.92 Å². The molecule has 0 unspecified atom stereocenters. The van der Waals surface area contributed by atoms with Gasteiger partial charge in [-0.25, -0.2) is 4.98 Å². The van der Waals surface area contributed by atoms with Gasteiger partial charge in [0.05, 0.1) is 12.3 Å². The maximum atomic E-state index is 5.00. The SMILES string of the molecule is COCCc1csc(NCC(C)C)n1. The number of aromatic nitrogens is 1. The predicted molar refractivity (Wildman–Crippen MR) is 61.0 cm³/mol. The van der Waals surface area contributed by atoms with Gasteiger partial charge in [-0.15, -0.1) is 11.3 Å². The van der Waals surface area contributed by atoms with Crippen molar-refractivity contribution in [3.8, 4) is 0 Å². The number of hydrogen-bond acceptors (Lipinski definition) is 4. The van der Waals surface area contributed by atoms with Crippen LogP contribution in [0.2, 0.25) is 0 Å². The molecule has 0 spiro atoms. The van der Waals surface area contributed by atoms with E-state index in [0.29, 0.717) is 5.92 Å². The third-order valence-corrected chi connectivity index (χ3v) is 2.62. The van der Waals surface area contributed by atoms with Crippen molar-refractivity contribution in [1.29, 1.82) is 0 Å². The molecule has 0 amide bonds. The number of nitrogens with one attached hydrogen (secondary N) is 1. The van der Waals surface area contributed by atoms with Gasteiger partial charge in [0.1, 0.15) is 0 Å². The average molecular weight is 214 g/mol. The number of nitrogens with zero attached hydrogens (tertiary/aromatic N) is 1. The first-order valence-corrected chi connectivity index (χ1v) is 5.77. The molecule has 1 aromatic heterocycles. The van der Waals surface area contributed by atoms with E-state index in [0.717, 1.165) is 30.4 Å². The van der Waals surface area contributed by atoms with Crippen molar-refractivity contribution in [3.05, 3.63) is 11.1 Å². The van der Waals surface area contributed by atoms with Crippen LogP contribution in [0.4, 0.5) is 5.13 Å². The lowest BCUT2D eigenvalue weighted by molar-refractivity contribution is 0.201. The zero-order valence-electron chi connectivity index (χ0n) is 9.04. The molecule has 1 rings (SSSR count). The Kier molecular flexibility index (Phi) is 4.90. The van der Waals surface area contributed by atoms with Gasteiger partial charge in [-0.05, 0) is 5.92 Å². The normalized spacial score (nSPS) is 10.9. The minimum atomic E-state index is 0.654. The second-order valence-corrected chi connectivity index (χ2v) is 4.52. The summed E-state index contributed by atoms with van der Waals surface area (Å²) >= 11 is 1.66. The Hall–Kier alpha value is -0.610. The first-order chi connectivity index (χ1) is 6.72. The molecule has 0 aliphatic heterocycles. The number of anilines is 1. The molecule has 0 aliphatic carbocycles. The Morgan fingerprint density at radius 2 is 2.36 bits per heavy atom. The lowest BCUT2D eigenvalue weighted by Gasteiger charge is -2.04. The molecule has 0 fully saturated rings. The highest BCUT2D eigenvalue weighted by atomic mass is 32.1. The molecule has 0 aromatic carbocycles. The zero-order chi connectivity index (χ0) is 10.4. The van der Waals surface area contributed by atoms with Crippen molar-refractivity contribution in [2.45, 2.75) is 20.3 Å². The molecule has 0 radical (unpaired) electrons. The van der Waals surface area contributed by atoms with Gasteiger partial charge in [0.2, 0.25) is 0 Å². The van der Waals surface area contributed by atoms with E-state index in [1.54, 1.807) is 18.4 Å². The van der Waals surface area contributed by atoms with Crippen molar-refractivity contribution in [1.82, 2.24) is 4.98 Å². The molecule has 80 valence electrons. The van der Waals surface area contributed by atoms with Crippen LogP contribution in [0.5, 0.6) is 0 Å². The summed E-state index contributed by atoms with van der Waals surface area (Å²) in [4.78, 5) is 4.45. The van der Waals surface area contributed by atoms with Gasteiger partial charge in [-0.3, -0.25) is 0 Å². The standard InChI is InChI=1S/C10H18N2OS/c1-8(2)6-11-10-12-9(7-14-10)4-5-13-3/h7-8H,4-6H2,1-3H3,(H,11,12). The fourth-order valence-corrected chi connectivity index (χ4v) is 1.76. The van der Waals surface area contributed by atoms with Crippen LogP contribution in [-0.4, -0.2) is 25.2 Å². The second kappa shape index (κ2) is 5.98. The Balaban J connectivity index is 2.35. The molecule has 0 bridgehead atoms. The third-order valence-electron chi connectivity index (χ3n) is 1.78. The largest absolute Gasteiger partial charge is 0.384 e. The lowest BCUT2D eigenvalue weighted by Crippen LogP contribution is -2.07. The number of rotatable bonds is 6. The summed E-state index contributed by atoms with van der Waals surface area (Å²) in [5, 5.41) is 6.41. The van der Waals surface area contributed by atoms with E-state index in [4.69, 9.17) is 4.74 Å². The quantitative estimate of drug-likeness (QED) is 0.789. The van der Waals surface area contributed by atoms with Gasteiger partial charge in [0.25, 0.3) is 0 Å². The second-order valence-electron chi connectivity index (χ2n) is 3.66. The molecule has 14 heavy (non-hydrogen) atoms. The third kappa shape index (κ3) is 4.07. The highest BCUT2D eigenvalue weighted by molar-refractivity contribution is 7.13. The van der Waals surface area contributed by atoms with Crippen LogP contribution in [0.25, 0.3) is 0 Å². The predicted octanol–water partition coefficient (Wildman–Crippen LogP) is 2.40. The molecule has 0 saturated heterocycles. The maximum Gasteiger partial charge on any atom is 0.182 e. The van der Waals surface area contributed by atoms with Crippen LogP contribution in [-0.2, 0) is 11.2 Å². The minimum Gasteiger partial charge on any atom is -0.384 e. The van der Waals surface area contributed by atoms with Gasteiger partial charge < -0.3 is 10.1 Å². The Labute approximate surface area is 89.5 Å². The number of ether oxygens (including phenoxy) is 1. The van der Waals surface area contributed by atoms with Crippen molar-refractivity contribution < 1.29 is 4.74 Å². The summed E-state index contributed by atoms with van der Waals surface area (Å²) in [6, 6.07) is 0. The smallest absolute Gasteiger partial charge is 0.182 e. The first kappa shape index (κ1) is 11.5. The first-order valence-electron chi connectivity index (χ1n) is 4.89. The summed E-state index contributed by atoms with van der Waals surface area (Å²) < 4.78 is 5.00. The molecule has 1 aromatic rings.